The first-order valence-corrected chi connectivity index (χ1v) is 5.64. The highest BCUT2D eigenvalue weighted by Crippen LogP contribution is 2.39. The fourth-order valence-corrected chi connectivity index (χ4v) is 2.67. The van der Waals surface area contributed by atoms with Gasteiger partial charge in [0.2, 0.25) is 5.58 Å². The average molecular weight is 234 g/mol. The molecule has 3 rings (SSSR count). The lowest BCUT2D eigenvalue weighted by molar-refractivity contribution is 0.460. The van der Waals surface area contributed by atoms with Gasteiger partial charge in [0.15, 0.2) is 0 Å². The first-order chi connectivity index (χ1) is 7.68. The summed E-state index contributed by atoms with van der Waals surface area (Å²) in [6.45, 7) is 3.92. The maximum absolute atomic E-state index is 5.90. The number of anilines is 1. The largest absolute Gasteiger partial charge is 0.395 e. The number of rotatable bonds is 1. The second-order valence-corrected chi connectivity index (χ2v) is 4.89. The summed E-state index contributed by atoms with van der Waals surface area (Å²) in [7, 11) is 0. The van der Waals surface area contributed by atoms with E-state index in [0.29, 0.717) is 11.3 Å². The third-order valence-corrected chi connectivity index (χ3v) is 3.72. The molecule has 0 amide bonds. The number of fused-ring (bicyclic) bond motifs is 1. The minimum Gasteiger partial charge on any atom is -0.395 e. The van der Waals surface area contributed by atoms with E-state index >= 15 is 0 Å². The predicted octanol–water partition coefficient (Wildman–Crippen LogP) is 2.48. The highest BCUT2D eigenvalue weighted by atomic mass is 32.1. The number of aromatic amines is 1. The molecular weight excluding hydrogens is 224 g/mol. The van der Waals surface area contributed by atoms with Gasteiger partial charge < -0.3 is 10.3 Å². The molecular formula is C10H10N4OS. The van der Waals surface area contributed by atoms with E-state index in [2.05, 4.69) is 15.4 Å². The number of aromatic nitrogens is 3. The zero-order chi connectivity index (χ0) is 11.3. The Hall–Kier alpha value is -1.82. The molecule has 5 nitrogen and oxygen atoms in total. The Labute approximate surface area is 95.2 Å². The van der Waals surface area contributed by atoms with Crippen LogP contribution in [0.1, 0.15) is 10.6 Å². The molecule has 0 saturated heterocycles. The van der Waals surface area contributed by atoms with Crippen molar-refractivity contribution in [1.82, 2.24) is 15.4 Å². The standard InChI is InChI=1S/C10H10N4OS/c1-4-6(3-12-13-4)8-10-9(15-14-8)7(11)5(2)16-10/h3H,11H2,1-2H3,(H,12,13). The van der Waals surface area contributed by atoms with Crippen LogP contribution < -0.4 is 5.73 Å². The summed E-state index contributed by atoms with van der Waals surface area (Å²) in [5.74, 6) is 0. The Balaban J connectivity index is 2.33. The minimum absolute atomic E-state index is 0.679. The van der Waals surface area contributed by atoms with Crippen LogP contribution in [0.15, 0.2) is 10.7 Å². The van der Waals surface area contributed by atoms with Crippen molar-refractivity contribution in [2.24, 2.45) is 0 Å². The molecule has 3 heterocycles. The van der Waals surface area contributed by atoms with E-state index in [9.17, 15) is 0 Å². The van der Waals surface area contributed by atoms with Crippen LogP contribution in [0.2, 0.25) is 0 Å². The van der Waals surface area contributed by atoms with Gasteiger partial charge in [-0.2, -0.15) is 5.10 Å². The Morgan fingerprint density at radius 1 is 1.44 bits per heavy atom. The molecule has 0 fully saturated rings. The number of aryl methyl sites for hydroxylation is 2. The quantitative estimate of drug-likeness (QED) is 0.677. The summed E-state index contributed by atoms with van der Waals surface area (Å²) in [5.41, 5.74) is 10.00. The fraction of sp³-hybridized carbons (Fsp3) is 0.200. The molecule has 0 aliphatic carbocycles. The summed E-state index contributed by atoms with van der Waals surface area (Å²) in [6, 6.07) is 0. The molecule has 0 aromatic carbocycles. The predicted molar refractivity (Wildman–Crippen MR) is 63.4 cm³/mol. The maximum Gasteiger partial charge on any atom is 0.201 e. The SMILES string of the molecule is Cc1[nH]ncc1-c1noc2c(N)c(C)sc12. The first-order valence-electron chi connectivity index (χ1n) is 4.83. The number of nitrogens with two attached hydrogens (primary N) is 1. The Morgan fingerprint density at radius 3 is 2.94 bits per heavy atom. The molecule has 6 heteroatoms. The molecule has 0 saturated carbocycles. The van der Waals surface area contributed by atoms with Gasteiger partial charge in [-0.3, -0.25) is 5.10 Å². The minimum atomic E-state index is 0.679. The lowest BCUT2D eigenvalue weighted by Crippen LogP contribution is -1.81. The molecule has 0 aliphatic heterocycles. The van der Waals surface area contributed by atoms with E-state index in [0.717, 1.165) is 26.5 Å². The van der Waals surface area contributed by atoms with Crippen molar-refractivity contribution in [2.75, 3.05) is 5.73 Å². The van der Waals surface area contributed by atoms with Gasteiger partial charge in [0.1, 0.15) is 10.4 Å². The number of hydrogen-bond acceptors (Lipinski definition) is 5. The van der Waals surface area contributed by atoms with Gasteiger partial charge >= 0.3 is 0 Å². The van der Waals surface area contributed by atoms with Crippen LogP contribution in [0, 0.1) is 13.8 Å². The molecule has 0 atom stereocenters. The summed E-state index contributed by atoms with van der Waals surface area (Å²) in [6.07, 6.45) is 1.75. The summed E-state index contributed by atoms with van der Waals surface area (Å²) in [5, 5.41) is 10.9. The normalized spacial score (nSPS) is 11.4. The van der Waals surface area contributed by atoms with Gasteiger partial charge in [-0.1, -0.05) is 5.16 Å². The van der Waals surface area contributed by atoms with Crippen molar-refractivity contribution in [3.63, 3.8) is 0 Å². The lowest BCUT2D eigenvalue weighted by Gasteiger charge is -1.90. The van der Waals surface area contributed by atoms with Gasteiger partial charge in [0, 0.05) is 16.1 Å². The van der Waals surface area contributed by atoms with Crippen LogP contribution >= 0.6 is 11.3 Å². The van der Waals surface area contributed by atoms with E-state index in [1.807, 2.05) is 13.8 Å². The summed E-state index contributed by atoms with van der Waals surface area (Å²) >= 11 is 1.60. The highest BCUT2D eigenvalue weighted by molar-refractivity contribution is 7.20. The fourth-order valence-electron chi connectivity index (χ4n) is 1.68. The number of nitrogen functional groups attached to an aromatic ring is 1. The van der Waals surface area contributed by atoms with Crippen LogP contribution in [-0.2, 0) is 0 Å². The monoisotopic (exact) mass is 234 g/mol. The van der Waals surface area contributed by atoms with Gasteiger partial charge in [-0.15, -0.1) is 11.3 Å². The van der Waals surface area contributed by atoms with Gasteiger partial charge in [0.25, 0.3) is 0 Å². The topological polar surface area (TPSA) is 80.7 Å². The molecule has 0 bridgehead atoms. The maximum atomic E-state index is 5.90. The van der Waals surface area contributed by atoms with E-state index in [1.54, 1.807) is 17.5 Å². The Bertz CT molecular complexity index is 664. The van der Waals surface area contributed by atoms with Gasteiger partial charge in [0.05, 0.1) is 11.9 Å². The van der Waals surface area contributed by atoms with Crippen molar-refractivity contribution in [3.05, 3.63) is 16.8 Å². The molecule has 16 heavy (non-hydrogen) atoms. The average Bonchev–Trinajstić information content (AvgIpc) is 2.88. The summed E-state index contributed by atoms with van der Waals surface area (Å²) < 4.78 is 6.26. The Morgan fingerprint density at radius 2 is 2.25 bits per heavy atom. The molecule has 3 aromatic rings. The third kappa shape index (κ3) is 1.10. The summed E-state index contributed by atoms with van der Waals surface area (Å²) in [4.78, 5) is 1.05. The van der Waals surface area contributed by atoms with E-state index in [4.69, 9.17) is 10.3 Å². The van der Waals surface area contributed by atoms with Crippen molar-refractivity contribution in [2.45, 2.75) is 13.8 Å². The van der Waals surface area contributed by atoms with Crippen LogP contribution in [0.25, 0.3) is 21.5 Å². The first kappa shape index (κ1) is 9.41. The van der Waals surface area contributed by atoms with Crippen LogP contribution in [0.3, 0.4) is 0 Å². The molecule has 82 valence electrons. The van der Waals surface area contributed by atoms with Gasteiger partial charge in [-0.25, -0.2) is 0 Å². The molecule has 0 aliphatic rings. The van der Waals surface area contributed by atoms with Crippen molar-refractivity contribution < 1.29 is 4.52 Å². The van der Waals surface area contributed by atoms with Crippen molar-refractivity contribution in [3.8, 4) is 11.3 Å². The van der Waals surface area contributed by atoms with Crippen LogP contribution in [-0.4, -0.2) is 15.4 Å². The zero-order valence-corrected chi connectivity index (χ0v) is 9.68. The molecule has 3 aromatic heterocycles. The highest BCUT2D eigenvalue weighted by Gasteiger charge is 2.19. The van der Waals surface area contributed by atoms with Crippen molar-refractivity contribution in [1.29, 1.82) is 0 Å². The van der Waals surface area contributed by atoms with Gasteiger partial charge in [-0.05, 0) is 13.8 Å². The number of hydrogen-bond donors (Lipinski definition) is 2. The number of nitrogens with one attached hydrogen (secondary N) is 1. The van der Waals surface area contributed by atoms with E-state index < -0.39 is 0 Å². The Kier molecular flexibility index (Phi) is 1.81. The third-order valence-electron chi connectivity index (χ3n) is 2.61. The molecule has 3 N–H and O–H groups in total. The zero-order valence-electron chi connectivity index (χ0n) is 8.87. The molecule has 0 radical (unpaired) electrons. The van der Waals surface area contributed by atoms with Crippen LogP contribution in [0.4, 0.5) is 5.69 Å². The second kappa shape index (κ2) is 3.08. The van der Waals surface area contributed by atoms with Crippen LogP contribution in [0.5, 0.6) is 0 Å². The number of H-pyrrole nitrogens is 1. The van der Waals surface area contributed by atoms with E-state index in [-0.39, 0.29) is 0 Å². The number of nitrogens with zero attached hydrogens (tertiary/aromatic N) is 2. The van der Waals surface area contributed by atoms with Crippen molar-refractivity contribution >= 4 is 27.3 Å². The number of thiophene rings is 1. The molecule has 0 spiro atoms. The van der Waals surface area contributed by atoms with E-state index in [1.165, 1.54) is 0 Å². The second-order valence-electron chi connectivity index (χ2n) is 3.67. The molecule has 0 unspecified atom stereocenters. The lowest BCUT2D eigenvalue weighted by atomic mass is 10.2. The smallest absolute Gasteiger partial charge is 0.201 e.